The first-order chi connectivity index (χ1) is 13.2. The highest BCUT2D eigenvalue weighted by molar-refractivity contribution is 5.31. The number of nitrogens with zero attached hydrogens (tertiary/aromatic N) is 1. The number of pyridine rings is 1. The molecule has 4 rings (SSSR count). The summed E-state index contributed by atoms with van der Waals surface area (Å²) in [5, 5.41) is 3.36. The van der Waals surface area contributed by atoms with Crippen molar-refractivity contribution in [3.05, 3.63) is 59.4 Å². The highest BCUT2D eigenvalue weighted by Gasteiger charge is 2.47. The van der Waals surface area contributed by atoms with Gasteiger partial charge in [0, 0.05) is 18.8 Å². The molecule has 144 valence electrons. The third kappa shape index (κ3) is 4.69. The standard InChI is InChI=1S/C23H30N2O2/c1-16-3-5-18(6-4-16)14-26-10-8-22-17(2)23(22)19-11-21(13-24-12-19)27-15-20-7-9-25-20/h3-6,11-13,17,20,22-23,25H,7-10,14-15H2,1-2H3. The summed E-state index contributed by atoms with van der Waals surface area (Å²) in [7, 11) is 0. The largest absolute Gasteiger partial charge is 0.490 e. The van der Waals surface area contributed by atoms with Crippen LogP contribution in [0.15, 0.2) is 42.7 Å². The molecule has 2 aromatic rings. The van der Waals surface area contributed by atoms with Crippen LogP contribution in [0.1, 0.15) is 42.4 Å². The van der Waals surface area contributed by atoms with Crippen LogP contribution in [0.2, 0.25) is 0 Å². The Balaban J connectivity index is 1.22. The Labute approximate surface area is 162 Å². The molecule has 1 saturated carbocycles. The van der Waals surface area contributed by atoms with Gasteiger partial charge in [-0.25, -0.2) is 0 Å². The molecule has 1 N–H and O–H groups in total. The topological polar surface area (TPSA) is 43.4 Å². The molecule has 1 saturated heterocycles. The molecule has 4 atom stereocenters. The molecule has 27 heavy (non-hydrogen) atoms. The molecule has 1 aliphatic heterocycles. The molecule has 2 aliphatic rings. The maximum absolute atomic E-state index is 5.91. The van der Waals surface area contributed by atoms with Crippen molar-refractivity contribution in [2.24, 2.45) is 11.8 Å². The monoisotopic (exact) mass is 366 g/mol. The Morgan fingerprint density at radius 2 is 2.00 bits per heavy atom. The summed E-state index contributed by atoms with van der Waals surface area (Å²) in [6.45, 7) is 7.81. The van der Waals surface area contributed by atoms with Crippen LogP contribution in [-0.4, -0.2) is 30.8 Å². The number of ether oxygens (including phenoxy) is 2. The van der Waals surface area contributed by atoms with Crippen LogP contribution in [0.25, 0.3) is 0 Å². The van der Waals surface area contributed by atoms with E-state index in [2.05, 4.69) is 54.5 Å². The summed E-state index contributed by atoms with van der Waals surface area (Å²) in [6, 6.07) is 11.3. The molecule has 0 amide bonds. The summed E-state index contributed by atoms with van der Waals surface area (Å²) in [4.78, 5) is 4.40. The van der Waals surface area contributed by atoms with Gasteiger partial charge in [-0.2, -0.15) is 0 Å². The van der Waals surface area contributed by atoms with E-state index in [1.54, 1.807) is 0 Å². The number of hydrogen-bond donors (Lipinski definition) is 1. The molecular weight excluding hydrogens is 336 g/mol. The number of rotatable bonds is 9. The lowest BCUT2D eigenvalue weighted by Gasteiger charge is -2.27. The number of aromatic nitrogens is 1. The van der Waals surface area contributed by atoms with E-state index in [9.17, 15) is 0 Å². The molecule has 4 unspecified atom stereocenters. The Kier molecular flexibility index (Phi) is 5.74. The molecule has 0 radical (unpaired) electrons. The molecule has 4 nitrogen and oxygen atoms in total. The van der Waals surface area contributed by atoms with Crippen LogP contribution in [0.3, 0.4) is 0 Å². The molecule has 2 heterocycles. The average Bonchev–Trinajstić information content (AvgIpc) is 3.29. The third-order valence-electron chi connectivity index (χ3n) is 6.04. The van der Waals surface area contributed by atoms with Crippen LogP contribution >= 0.6 is 0 Å². The van der Waals surface area contributed by atoms with E-state index in [0.717, 1.165) is 31.9 Å². The van der Waals surface area contributed by atoms with Gasteiger partial charge in [-0.1, -0.05) is 36.8 Å². The van der Waals surface area contributed by atoms with Crippen molar-refractivity contribution in [3.8, 4) is 5.75 Å². The second-order valence-corrected chi connectivity index (χ2v) is 8.08. The lowest BCUT2D eigenvalue weighted by Crippen LogP contribution is -2.46. The quantitative estimate of drug-likeness (QED) is 0.679. The van der Waals surface area contributed by atoms with Gasteiger partial charge < -0.3 is 14.8 Å². The highest BCUT2D eigenvalue weighted by Crippen LogP contribution is 2.55. The summed E-state index contributed by atoms with van der Waals surface area (Å²) < 4.78 is 11.8. The zero-order chi connectivity index (χ0) is 18.6. The zero-order valence-electron chi connectivity index (χ0n) is 16.4. The minimum absolute atomic E-state index is 0.506. The molecule has 0 bridgehead atoms. The highest BCUT2D eigenvalue weighted by atomic mass is 16.5. The van der Waals surface area contributed by atoms with E-state index in [1.165, 1.54) is 23.1 Å². The minimum Gasteiger partial charge on any atom is -0.490 e. The van der Waals surface area contributed by atoms with Crippen molar-refractivity contribution in [1.82, 2.24) is 10.3 Å². The van der Waals surface area contributed by atoms with Crippen molar-refractivity contribution in [1.29, 1.82) is 0 Å². The predicted molar refractivity (Wildman–Crippen MR) is 107 cm³/mol. The maximum Gasteiger partial charge on any atom is 0.137 e. The molecule has 1 aliphatic carbocycles. The smallest absolute Gasteiger partial charge is 0.137 e. The Bertz CT molecular complexity index is 742. The Morgan fingerprint density at radius 3 is 2.74 bits per heavy atom. The van der Waals surface area contributed by atoms with Gasteiger partial charge in [-0.15, -0.1) is 0 Å². The molecule has 1 aromatic heterocycles. The number of hydrogen-bond acceptors (Lipinski definition) is 4. The third-order valence-corrected chi connectivity index (χ3v) is 6.04. The first kappa shape index (κ1) is 18.5. The minimum atomic E-state index is 0.506. The second kappa shape index (κ2) is 8.41. The molecule has 4 heteroatoms. The van der Waals surface area contributed by atoms with Crippen LogP contribution in [0.4, 0.5) is 0 Å². The van der Waals surface area contributed by atoms with E-state index < -0.39 is 0 Å². The normalized spacial score (nSPS) is 26.4. The van der Waals surface area contributed by atoms with Gasteiger partial charge in [0.05, 0.1) is 12.8 Å². The Hall–Kier alpha value is -1.91. The summed E-state index contributed by atoms with van der Waals surface area (Å²) in [6.07, 6.45) is 6.14. The van der Waals surface area contributed by atoms with Crippen molar-refractivity contribution in [2.45, 2.75) is 45.3 Å². The summed E-state index contributed by atoms with van der Waals surface area (Å²) in [5.41, 5.74) is 3.85. The van der Waals surface area contributed by atoms with Gasteiger partial charge in [-0.05, 0) is 61.3 Å². The number of benzene rings is 1. The SMILES string of the molecule is Cc1ccc(COCCC2C(C)C2c2cncc(OCC3CCN3)c2)cc1. The van der Waals surface area contributed by atoms with Crippen LogP contribution in [0.5, 0.6) is 5.75 Å². The molecule has 2 fully saturated rings. The van der Waals surface area contributed by atoms with Crippen LogP contribution < -0.4 is 10.1 Å². The van der Waals surface area contributed by atoms with Gasteiger partial charge in [0.25, 0.3) is 0 Å². The van der Waals surface area contributed by atoms with Gasteiger partial charge in [-0.3, -0.25) is 4.98 Å². The fraction of sp³-hybridized carbons (Fsp3) is 0.522. The van der Waals surface area contributed by atoms with Crippen molar-refractivity contribution >= 4 is 0 Å². The fourth-order valence-corrected chi connectivity index (χ4v) is 4.02. The van der Waals surface area contributed by atoms with E-state index in [1.807, 2.05) is 12.4 Å². The van der Waals surface area contributed by atoms with Gasteiger partial charge in [0.15, 0.2) is 0 Å². The van der Waals surface area contributed by atoms with Gasteiger partial charge in [0.2, 0.25) is 0 Å². The van der Waals surface area contributed by atoms with Crippen molar-refractivity contribution in [2.75, 3.05) is 19.8 Å². The molecular formula is C23H30N2O2. The number of aryl methyl sites for hydroxylation is 1. The summed E-state index contributed by atoms with van der Waals surface area (Å²) in [5.74, 6) is 2.87. The van der Waals surface area contributed by atoms with Crippen molar-refractivity contribution in [3.63, 3.8) is 0 Å². The van der Waals surface area contributed by atoms with E-state index >= 15 is 0 Å². The van der Waals surface area contributed by atoms with Gasteiger partial charge >= 0.3 is 0 Å². The van der Waals surface area contributed by atoms with E-state index in [4.69, 9.17) is 9.47 Å². The number of nitrogens with one attached hydrogen (secondary N) is 1. The lowest BCUT2D eigenvalue weighted by molar-refractivity contribution is 0.114. The molecule has 0 spiro atoms. The van der Waals surface area contributed by atoms with Crippen LogP contribution in [-0.2, 0) is 11.3 Å². The first-order valence-electron chi connectivity index (χ1n) is 10.1. The lowest BCUT2D eigenvalue weighted by atomic mass is 10.1. The van der Waals surface area contributed by atoms with E-state index in [-0.39, 0.29) is 0 Å². The second-order valence-electron chi connectivity index (χ2n) is 8.08. The summed E-state index contributed by atoms with van der Waals surface area (Å²) >= 11 is 0. The maximum atomic E-state index is 5.91. The first-order valence-corrected chi connectivity index (χ1v) is 10.1. The Morgan fingerprint density at radius 1 is 1.19 bits per heavy atom. The molecule has 1 aromatic carbocycles. The van der Waals surface area contributed by atoms with E-state index in [0.29, 0.717) is 30.4 Å². The predicted octanol–water partition coefficient (Wildman–Crippen LogP) is 4.09. The van der Waals surface area contributed by atoms with Gasteiger partial charge in [0.1, 0.15) is 12.4 Å². The zero-order valence-corrected chi connectivity index (χ0v) is 16.4. The fourth-order valence-electron chi connectivity index (χ4n) is 4.02. The van der Waals surface area contributed by atoms with Crippen molar-refractivity contribution < 1.29 is 9.47 Å². The van der Waals surface area contributed by atoms with Crippen LogP contribution in [0, 0.1) is 18.8 Å². The average molecular weight is 367 g/mol.